The minimum absolute atomic E-state index is 0.0412. The third-order valence-corrected chi connectivity index (χ3v) is 6.04. The molecule has 0 aliphatic carbocycles. The Balaban J connectivity index is 1.70. The number of rotatable bonds is 7. The molecule has 0 aliphatic rings. The highest BCUT2D eigenvalue weighted by Crippen LogP contribution is 2.27. The van der Waals surface area contributed by atoms with E-state index in [4.69, 9.17) is 27.9 Å². The van der Waals surface area contributed by atoms with E-state index in [1.165, 1.54) is 6.08 Å². The van der Waals surface area contributed by atoms with Gasteiger partial charge in [0.1, 0.15) is 24.0 Å². The molecule has 1 heterocycles. The van der Waals surface area contributed by atoms with Gasteiger partial charge in [-0.3, -0.25) is 10.1 Å². The maximum Gasteiger partial charge on any atom is 0.268 e. The van der Waals surface area contributed by atoms with Crippen molar-refractivity contribution in [3.63, 3.8) is 0 Å². The predicted octanol–water partition coefficient (Wildman–Crippen LogP) is 4.37. The van der Waals surface area contributed by atoms with Crippen LogP contribution in [0.15, 0.2) is 53.2 Å². The molecule has 0 unspecified atom stereocenters. The Hall–Kier alpha value is -2.97. The zero-order chi connectivity index (χ0) is 23.3. The van der Waals surface area contributed by atoms with Crippen molar-refractivity contribution in [2.24, 2.45) is 0 Å². The smallest absolute Gasteiger partial charge is 0.268 e. The Labute approximate surface area is 198 Å². The van der Waals surface area contributed by atoms with Gasteiger partial charge in [0.25, 0.3) is 11.1 Å². The van der Waals surface area contributed by atoms with Crippen LogP contribution in [0, 0.1) is 11.3 Å². The lowest BCUT2D eigenvalue weighted by Gasteiger charge is -2.09. The second-order valence-corrected chi connectivity index (χ2v) is 9.89. The van der Waals surface area contributed by atoms with Crippen LogP contribution in [-0.4, -0.2) is 29.9 Å². The van der Waals surface area contributed by atoms with Crippen LogP contribution < -0.4 is 10.1 Å². The van der Waals surface area contributed by atoms with Gasteiger partial charge in [-0.25, -0.2) is 8.42 Å². The molecule has 0 radical (unpaired) electrons. The number of nitriles is 1. The molecule has 8 nitrogen and oxygen atoms in total. The van der Waals surface area contributed by atoms with Crippen LogP contribution in [0.1, 0.15) is 11.1 Å². The molecule has 0 fully saturated rings. The van der Waals surface area contributed by atoms with E-state index in [9.17, 15) is 18.5 Å². The van der Waals surface area contributed by atoms with Gasteiger partial charge in [-0.05, 0) is 41.5 Å². The Morgan fingerprint density at radius 1 is 1.25 bits per heavy atom. The first-order valence-electron chi connectivity index (χ1n) is 8.79. The number of nitrogens with zero attached hydrogens (tertiary/aromatic N) is 3. The second kappa shape index (κ2) is 10.1. The van der Waals surface area contributed by atoms with Crippen molar-refractivity contribution in [2.45, 2.75) is 11.8 Å². The molecule has 0 atom stereocenters. The lowest BCUT2D eigenvalue weighted by atomic mass is 10.1. The zero-order valence-electron chi connectivity index (χ0n) is 16.4. The summed E-state index contributed by atoms with van der Waals surface area (Å²) >= 11 is 12.8. The summed E-state index contributed by atoms with van der Waals surface area (Å²) in [7, 11) is -3.60. The van der Waals surface area contributed by atoms with Crippen molar-refractivity contribution < 1.29 is 17.9 Å². The van der Waals surface area contributed by atoms with Crippen molar-refractivity contribution in [1.29, 1.82) is 5.26 Å². The average molecular weight is 509 g/mol. The van der Waals surface area contributed by atoms with E-state index in [0.717, 1.165) is 11.8 Å². The molecule has 164 valence electrons. The van der Waals surface area contributed by atoms with Gasteiger partial charge in [0.15, 0.2) is 0 Å². The largest absolute Gasteiger partial charge is 0.487 e. The molecule has 3 rings (SSSR count). The molecular weight excluding hydrogens is 495 g/mol. The van der Waals surface area contributed by atoms with E-state index < -0.39 is 20.9 Å². The molecule has 2 aromatic carbocycles. The molecule has 0 spiro atoms. The number of hydrogen-bond donors (Lipinski definition) is 1. The van der Waals surface area contributed by atoms with Crippen LogP contribution in [0.2, 0.25) is 10.0 Å². The molecule has 1 amide bonds. The lowest BCUT2D eigenvalue weighted by molar-refractivity contribution is -0.112. The van der Waals surface area contributed by atoms with E-state index in [1.54, 1.807) is 36.4 Å². The van der Waals surface area contributed by atoms with Crippen LogP contribution in [0.4, 0.5) is 5.13 Å². The Bertz CT molecular complexity index is 1330. The molecule has 12 heteroatoms. The molecule has 3 aromatic rings. The summed E-state index contributed by atoms with van der Waals surface area (Å²) in [6, 6.07) is 13.8. The quantitative estimate of drug-likeness (QED) is 0.371. The average Bonchev–Trinajstić information content (AvgIpc) is 3.21. The van der Waals surface area contributed by atoms with Gasteiger partial charge in [0.05, 0.1) is 5.02 Å². The molecule has 1 N–H and O–H groups in total. The number of carbonyl (C=O) groups excluding carboxylic acids is 1. The van der Waals surface area contributed by atoms with Crippen LogP contribution in [-0.2, 0) is 21.2 Å². The van der Waals surface area contributed by atoms with Crippen LogP contribution in [0.5, 0.6) is 5.75 Å². The monoisotopic (exact) mass is 508 g/mol. The van der Waals surface area contributed by atoms with Gasteiger partial charge >= 0.3 is 0 Å². The van der Waals surface area contributed by atoms with Crippen molar-refractivity contribution in [3.8, 4) is 11.8 Å². The molecule has 0 saturated carbocycles. The van der Waals surface area contributed by atoms with Crippen LogP contribution in [0.3, 0.4) is 0 Å². The first-order chi connectivity index (χ1) is 15.2. The van der Waals surface area contributed by atoms with Gasteiger partial charge in [-0.15, -0.1) is 0 Å². The standard InChI is InChI=1S/C20H14Cl2N4O4S2/c1-32(28,29)20-25-19(31-26-20)24-18(27)14(10-23)8-13-4-7-17(16(22)9-13)30-11-12-2-5-15(21)6-3-12/h2-9H,11H2,1H3,(H,24,25,26,27). The minimum atomic E-state index is -3.60. The van der Waals surface area contributed by atoms with E-state index in [1.807, 2.05) is 12.1 Å². The number of ether oxygens (including phenoxy) is 1. The van der Waals surface area contributed by atoms with Crippen molar-refractivity contribution in [3.05, 3.63) is 69.2 Å². The summed E-state index contributed by atoms with van der Waals surface area (Å²) in [6.07, 6.45) is 2.29. The lowest BCUT2D eigenvalue weighted by Crippen LogP contribution is -2.13. The van der Waals surface area contributed by atoms with Crippen LogP contribution >= 0.6 is 34.7 Å². The maximum atomic E-state index is 12.4. The number of amides is 1. The van der Waals surface area contributed by atoms with Gasteiger partial charge in [-0.1, -0.05) is 41.4 Å². The number of halogens is 2. The Morgan fingerprint density at radius 3 is 2.56 bits per heavy atom. The van der Waals surface area contributed by atoms with E-state index in [2.05, 4.69) is 14.7 Å². The molecule has 32 heavy (non-hydrogen) atoms. The predicted molar refractivity (Wildman–Crippen MR) is 122 cm³/mol. The Kier molecular flexibility index (Phi) is 7.48. The van der Waals surface area contributed by atoms with Gasteiger partial charge < -0.3 is 4.74 Å². The third kappa shape index (κ3) is 6.27. The molecule has 1 aromatic heterocycles. The number of carbonyl (C=O) groups is 1. The highest BCUT2D eigenvalue weighted by atomic mass is 35.5. The number of anilines is 1. The fraction of sp³-hybridized carbons (Fsp3) is 0.100. The summed E-state index contributed by atoms with van der Waals surface area (Å²) in [6.45, 7) is 0.287. The molecular formula is C20H14Cl2N4O4S2. The molecule has 0 bridgehead atoms. The second-order valence-electron chi connectivity index (χ2n) is 6.38. The topological polar surface area (TPSA) is 122 Å². The number of nitrogens with one attached hydrogen (secondary N) is 1. The summed E-state index contributed by atoms with van der Waals surface area (Å²) in [5.41, 5.74) is 1.18. The highest BCUT2D eigenvalue weighted by Gasteiger charge is 2.17. The summed E-state index contributed by atoms with van der Waals surface area (Å²) in [5, 5.41) is 12.2. The number of benzene rings is 2. The SMILES string of the molecule is CS(=O)(=O)c1nsc(NC(=O)C(C#N)=Cc2ccc(OCc3ccc(Cl)cc3)c(Cl)c2)n1. The molecule has 0 saturated heterocycles. The van der Waals surface area contributed by atoms with E-state index in [0.29, 0.717) is 32.9 Å². The number of aromatic nitrogens is 2. The third-order valence-electron chi connectivity index (χ3n) is 3.90. The van der Waals surface area contributed by atoms with Crippen LogP contribution in [0.25, 0.3) is 6.08 Å². The van der Waals surface area contributed by atoms with Crippen molar-refractivity contribution in [2.75, 3.05) is 11.6 Å². The maximum absolute atomic E-state index is 12.4. The fourth-order valence-electron chi connectivity index (χ4n) is 2.36. The number of sulfone groups is 1. The first kappa shape index (κ1) is 23.7. The Morgan fingerprint density at radius 2 is 1.97 bits per heavy atom. The number of hydrogen-bond acceptors (Lipinski definition) is 8. The van der Waals surface area contributed by atoms with Crippen molar-refractivity contribution >= 4 is 61.7 Å². The summed E-state index contributed by atoms with van der Waals surface area (Å²) in [4.78, 5) is 16.1. The van der Waals surface area contributed by atoms with Crippen molar-refractivity contribution in [1.82, 2.24) is 9.36 Å². The van der Waals surface area contributed by atoms with Gasteiger partial charge in [0, 0.05) is 22.8 Å². The first-order valence-corrected chi connectivity index (χ1v) is 12.2. The summed E-state index contributed by atoms with van der Waals surface area (Å²) in [5.74, 6) is -0.327. The van der Waals surface area contributed by atoms with E-state index in [-0.39, 0.29) is 17.3 Å². The highest BCUT2D eigenvalue weighted by molar-refractivity contribution is 7.90. The zero-order valence-corrected chi connectivity index (χ0v) is 19.5. The minimum Gasteiger partial charge on any atom is -0.487 e. The fourth-order valence-corrected chi connectivity index (χ4v) is 4.17. The van der Waals surface area contributed by atoms with Gasteiger partial charge in [0.2, 0.25) is 15.0 Å². The van der Waals surface area contributed by atoms with Gasteiger partial charge in [-0.2, -0.15) is 14.6 Å². The molecule has 0 aliphatic heterocycles. The summed E-state index contributed by atoms with van der Waals surface area (Å²) < 4.78 is 32.2. The normalized spacial score (nSPS) is 11.6. The van der Waals surface area contributed by atoms with E-state index >= 15 is 0 Å².